The number of hydrogen-bond donors (Lipinski definition) is 2. The Morgan fingerprint density at radius 3 is 2.42 bits per heavy atom. The lowest BCUT2D eigenvalue weighted by molar-refractivity contribution is -0.389. The van der Waals surface area contributed by atoms with Crippen LogP contribution in [0.5, 0.6) is 0 Å². The second kappa shape index (κ2) is 6.69. The van der Waals surface area contributed by atoms with E-state index in [0.717, 1.165) is 23.6 Å². The third kappa shape index (κ3) is 3.61. The molecular weight excluding hydrogens is 310 g/mol. The lowest BCUT2D eigenvalue weighted by atomic mass is 10.1. The molecule has 0 saturated heterocycles. The summed E-state index contributed by atoms with van der Waals surface area (Å²) in [5.74, 6) is -0.839. The van der Waals surface area contributed by atoms with Crippen molar-refractivity contribution in [3.05, 3.63) is 81.8 Å². The molecule has 2 N–H and O–H groups in total. The summed E-state index contributed by atoms with van der Waals surface area (Å²) >= 11 is 0. The number of H-pyrrole nitrogens is 1. The Balaban J connectivity index is 1.65. The quantitative estimate of drug-likeness (QED) is 0.553. The number of carbonyl (C=O) groups is 1. The molecule has 0 fully saturated rings. The molecule has 8 heteroatoms. The van der Waals surface area contributed by atoms with Gasteiger partial charge in [-0.3, -0.25) is 9.78 Å². The first-order valence-electron chi connectivity index (χ1n) is 7.11. The van der Waals surface area contributed by atoms with Crippen molar-refractivity contribution >= 4 is 17.4 Å². The number of carbonyl (C=O) groups excluding carboxylic acids is 1. The van der Waals surface area contributed by atoms with Crippen molar-refractivity contribution in [1.29, 1.82) is 0 Å². The zero-order valence-electron chi connectivity index (χ0n) is 12.5. The number of pyridine rings is 1. The summed E-state index contributed by atoms with van der Waals surface area (Å²) in [7, 11) is 0. The molecule has 3 aromatic rings. The van der Waals surface area contributed by atoms with Crippen LogP contribution < -0.4 is 5.32 Å². The Hall–Kier alpha value is -3.55. The molecule has 1 aromatic carbocycles. The van der Waals surface area contributed by atoms with E-state index in [1.807, 2.05) is 24.3 Å². The average molecular weight is 323 g/mol. The third-order valence-corrected chi connectivity index (χ3v) is 3.36. The minimum Gasteiger partial charge on any atom is -0.358 e. The molecule has 120 valence electrons. The first-order valence-corrected chi connectivity index (χ1v) is 7.11. The van der Waals surface area contributed by atoms with Crippen molar-refractivity contribution < 1.29 is 9.72 Å². The van der Waals surface area contributed by atoms with Gasteiger partial charge in [0.2, 0.25) is 0 Å². The molecule has 2 aromatic heterocycles. The Kier molecular flexibility index (Phi) is 4.28. The highest BCUT2D eigenvalue weighted by molar-refractivity contribution is 6.03. The molecule has 0 unspecified atom stereocenters. The maximum atomic E-state index is 12.0. The zero-order chi connectivity index (χ0) is 16.9. The summed E-state index contributed by atoms with van der Waals surface area (Å²) in [5, 5.41) is 19.0. The van der Waals surface area contributed by atoms with Crippen LogP contribution in [0.1, 0.15) is 21.6 Å². The van der Waals surface area contributed by atoms with Crippen molar-refractivity contribution in [3.8, 4) is 0 Å². The normalized spacial score (nSPS) is 10.3. The van der Waals surface area contributed by atoms with Crippen LogP contribution in [0, 0.1) is 10.1 Å². The van der Waals surface area contributed by atoms with Gasteiger partial charge in [-0.2, -0.15) is 0 Å². The van der Waals surface area contributed by atoms with Crippen LogP contribution in [0.2, 0.25) is 0 Å². The summed E-state index contributed by atoms with van der Waals surface area (Å²) in [6, 6.07) is 12.3. The van der Waals surface area contributed by atoms with E-state index in [9.17, 15) is 14.9 Å². The van der Waals surface area contributed by atoms with E-state index in [0.29, 0.717) is 5.69 Å². The molecule has 0 aliphatic carbocycles. The van der Waals surface area contributed by atoms with Crippen molar-refractivity contribution in [3.63, 3.8) is 0 Å². The molecule has 0 bridgehead atoms. The minimum absolute atomic E-state index is 0.0393. The van der Waals surface area contributed by atoms with E-state index in [4.69, 9.17) is 0 Å². The fourth-order valence-electron chi connectivity index (χ4n) is 2.16. The molecule has 24 heavy (non-hydrogen) atoms. The maximum absolute atomic E-state index is 12.0. The molecule has 1 amide bonds. The summed E-state index contributed by atoms with van der Waals surface area (Å²) < 4.78 is 0. The van der Waals surface area contributed by atoms with Crippen LogP contribution in [-0.2, 0) is 6.42 Å². The molecule has 3 rings (SSSR count). The molecule has 8 nitrogen and oxygen atoms in total. The summed E-state index contributed by atoms with van der Waals surface area (Å²) in [6.07, 6.45) is 4.25. The molecule has 0 saturated carbocycles. The van der Waals surface area contributed by atoms with Gasteiger partial charge in [-0.15, -0.1) is 5.10 Å². The van der Waals surface area contributed by atoms with Crippen molar-refractivity contribution in [1.82, 2.24) is 15.2 Å². The smallest absolute Gasteiger partial charge is 0.343 e. The second-order valence-electron chi connectivity index (χ2n) is 5.08. The topological polar surface area (TPSA) is 114 Å². The van der Waals surface area contributed by atoms with Gasteiger partial charge in [-0.25, -0.2) is 0 Å². The summed E-state index contributed by atoms with van der Waals surface area (Å²) in [5.41, 5.74) is 2.78. The Morgan fingerprint density at radius 2 is 1.79 bits per heavy atom. The number of nitro groups is 1. The van der Waals surface area contributed by atoms with E-state index >= 15 is 0 Å². The van der Waals surface area contributed by atoms with Gasteiger partial charge in [-0.1, -0.05) is 17.2 Å². The molecule has 2 heterocycles. The van der Waals surface area contributed by atoms with Crippen LogP contribution in [0.3, 0.4) is 0 Å². The SMILES string of the molecule is O=C(Nc1ccc(Cc2ccncc2)cc1)c1cc([N+](=O)[O-])[nH]n1. The van der Waals surface area contributed by atoms with Crippen molar-refractivity contribution in [2.45, 2.75) is 6.42 Å². The fraction of sp³-hybridized carbons (Fsp3) is 0.0625. The minimum atomic E-state index is -0.641. The van der Waals surface area contributed by atoms with E-state index < -0.39 is 10.8 Å². The van der Waals surface area contributed by atoms with Gasteiger partial charge in [0.1, 0.15) is 0 Å². The lowest BCUT2D eigenvalue weighted by Crippen LogP contribution is -2.12. The fourth-order valence-corrected chi connectivity index (χ4v) is 2.16. The second-order valence-corrected chi connectivity index (χ2v) is 5.08. The van der Waals surface area contributed by atoms with Gasteiger partial charge >= 0.3 is 5.82 Å². The highest BCUT2D eigenvalue weighted by Crippen LogP contribution is 2.15. The summed E-state index contributed by atoms with van der Waals surface area (Å²) in [4.78, 5) is 25.9. The van der Waals surface area contributed by atoms with Gasteiger partial charge < -0.3 is 15.4 Å². The Bertz CT molecular complexity index is 859. The first-order chi connectivity index (χ1) is 11.6. The predicted molar refractivity (Wildman–Crippen MR) is 86.7 cm³/mol. The van der Waals surface area contributed by atoms with Crippen LogP contribution in [0.25, 0.3) is 0 Å². The van der Waals surface area contributed by atoms with Crippen molar-refractivity contribution in [2.75, 3.05) is 5.32 Å². The third-order valence-electron chi connectivity index (χ3n) is 3.36. The molecule has 0 atom stereocenters. The molecule has 0 aliphatic heterocycles. The standard InChI is InChI=1S/C16H13N5O3/c22-16(14-10-15(20-19-14)21(23)24)18-13-3-1-11(2-4-13)9-12-5-7-17-8-6-12/h1-8,10H,9H2,(H,18,22)(H,19,20). The number of nitrogens with zero attached hydrogens (tertiary/aromatic N) is 3. The number of nitrogens with one attached hydrogen (secondary N) is 2. The van der Waals surface area contributed by atoms with Crippen LogP contribution in [-0.4, -0.2) is 26.0 Å². The van der Waals surface area contributed by atoms with Gasteiger partial charge in [0.05, 0.1) is 6.07 Å². The maximum Gasteiger partial charge on any atom is 0.343 e. The van der Waals surface area contributed by atoms with E-state index in [1.54, 1.807) is 24.5 Å². The van der Waals surface area contributed by atoms with E-state index in [1.165, 1.54) is 0 Å². The molecule has 0 radical (unpaired) electrons. The zero-order valence-corrected chi connectivity index (χ0v) is 12.5. The molecular formula is C16H13N5O3. The number of benzene rings is 1. The monoisotopic (exact) mass is 323 g/mol. The summed E-state index contributed by atoms with van der Waals surface area (Å²) in [6.45, 7) is 0. The highest BCUT2D eigenvalue weighted by atomic mass is 16.6. The van der Waals surface area contributed by atoms with Crippen LogP contribution >= 0.6 is 0 Å². The predicted octanol–water partition coefficient (Wildman–Crippen LogP) is 2.56. The van der Waals surface area contributed by atoms with E-state index in [2.05, 4.69) is 20.5 Å². The van der Waals surface area contributed by atoms with Gasteiger partial charge in [0.25, 0.3) is 5.91 Å². The Morgan fingerprint density at radius 1 is 1.12 bits per heavy atom. The number of aromatic amines is 1. The largest absolute Gasteiger partial charge is 0.358 e. The Labute approximate surface area is 136 Å². The lowest BCUT2D eigenvalue weighted by Gasteiger charge is -2.05. The van der Waals surface area contributed by atoms with Crippen LogP contribution in [0.4, 0.5) is 11.5 Å². The van der Waals surface area contributed by atoms with E-state index in [-0.39, 0.29) is 11.5 Å². The number of rotatable bonds is 5. The number of anilines is 1. The number of aromatic nitrogens is 3. The van der Waals surface area contributed by atoms with Gasteiger partial charge in [-0.05, 0) is 46.7 Å². The average Bonchev–Trinajstić information content (AvgIpc) is 3.08. The number of amides is 1. The molecule has 0 spiro atoms. The highest BCUT2D eigenvalue weighted by Gasteiger charge is 2.16. The number of hydrogen-bond acceptors (Lipinski definition) is 5. The first kappa shape index (κ1) is 15.3. The van der Waals surface area contributed by atoms with Crippen molar-refractivity contribution in [2.24, 2.45) is 0 Å². The van der Waals surface area contributed by atoms with Gasteiger partial charge in [0, 0.05) is 18.1 Å². The van der Waals surface area contributed by atoms with Crippen LogP contribution in [0.15, 0.2) is 54.9 Å². The van der Waals surface area contributed by atoms with Gasteiger partial charge in [0.15, 0.2) is 5.69 Å². The molecule has 0 aliphatic rings.